The fourth-order valence-electron chi connectivity index (χ4n) is 0.139. The summed E-state index contributed by atoms with van der Waals surface area (Å²) in [6.45, 7) is 3.06. The van der Waals surface area contributed by atoms with E-state index in [1.54, 1.807) is 23.9 Å². The van der Waals surface area contributed by atoms with Crippen LogP contribution in [0.5, 0.6) is 0 Å². The zero-order valence-corrected chi connectivity index (χ0v) is 7.01. The Labute approximate surface area is 63.7 Å². The summed E-state index contributed by atoms with van der Waals surface area (Å²) in [7, 11) is 0. The van der Waals surface area contributed by atoms with E-state index in [-0.39, 0.29) is 5.78 Å². The third-order valence-electron chi connectivity index (χ3n) is 0.288. The Morgan fingerprint density at radius 3 is 1.78 bits per heavy atom. The Morgan fingerprint density at radius 2 is 1.67 bits per heavy atom. The van der Waals surface area contributed by atoms with Gasteiger partial charge < -0.3 is 4.79 Å². The molecule has 1 N–H and O–H groups in total. The van der Waals surface area contributed by atoms with E-state index in [0.29, 0.717) is 0 Å². The zero-order chi connectivity index (χ0) is 7.11. The van der Waals surface area contributed by atoms with Crippen molar-refractivity contribution in [3.05, 3.63) is 10.8 Å². The van der Waals surface area contributed by atoms with E-state index in [9.17, 15) is 4.79 Å². The van der Waals surface area contributed by atoms with E-state index in [1.165, 1.54) is 13.8 Å². The Kier molecular flexibility index (Phi) is 6.24. The summed E-state index contributed by atoms with van der Waals surface area (Å²) in [6, 6.07) is 0. The summed E-state index contributed by atoms with van der Waals surface area (Å²) in [6.07, 6.45) is 0. The summed E-state index contributed by atoms with van der Waals surface area (Å²) in [5.41, 5.74) is 0. The molecule has 52 valence electrons. The fourth-order valence-corrected chi connectivity index (χ4v) is 1.25. The molecule has 0 saturated carbocycles. The van der Waals surface area contributed by atoms with Crippen molar-refractivity contribution in [1.82, 2.24) is 4.13 Å². The first-order chi connectivity index (χ1) is 4.23. The van der Waals surface area contributed by atoms with Crippen molar-refractivity contribution >= 4 is 29.7 Å². The average molecular weight is 163 g/mol. The summed E-state index contributed by atoms with van der Waals surface area (Å²) in [5, 5.41) is 4.01. The van der Waals surface area contributed by atoms with E-state index in [2.05, 4.69) is 4.13 Å². The van der Waals surface area contributed by atoms with Crippen LogP contribution in [0.1, 0.15) is 13.8 Å². The van der Waals surface area contributed by atoms with E-state index in [1.807, 2.05) is 10.8 Å². The third kappa shape index (κ3) is 11.6. The number of hydrogen-bond acceptors (Lipinski definition) is 4. The standard InChI is InChI=1S/C3H6O.C2H3NS2/c1-3(2)4;1-2-5-3-4-1/h1-2H3;1-3H. The molecule has 0 fully saturated rings. The molecule has 0 aromatic carbocycles. The largest absolute Gasteiger partial charge is 0.300 e. The Hall–Kier alpha value is 0.0700. The predicted molar refractivity (Wildman–Crippen MR) is 43.8 cm³/mol. The minimum atomic E-state index is 0.167. The first-order valence-corrected chi connectivity index (χ1v) is 4.18. The van der Waals surface area contributed by atoms with Crippen molar-refractivity contribution in [2.75, 3.05) is 0 Å². The van der Waals surface area contributed by atoms with Gasteiger partial charge in [-0.1, -0.05) is 0 Å². The van der Waals surface area contributed by atoms with Gasteiger partial charge in [-0.25, -0.2) is 4.13 Å². The number of carbonyl (C=O) groups is 1. The number of rotatable bonds is 0. The van der Waals surface area contributed by atoms with Crippen LogP contribution in [-0.4, -0.2) is 5.78 Å². The molecule has 2 nitrogen and oxygen atoms in total. The van der Waals surface area contributed by atoms with Crippen molar-refractivity contribution in [2.45, 2.75) is 13.8 Å². The molecule has 1 aliphatic rings. The maximum atomic E-state index is 9.44. The minimum Gasteiger partial charge on any atom is -0.300 e. The summed E-state index contributed by atoms with van der Waals surface area (Å²) >= 11 is 3.21. The normalized spacial score (nSPS) is 14.4. The van der Waals surface area contributed by atoms with Gasteiger partial charge in [0.25, 0.3) is 0 Å². The van der Waals surface area contributed by atoms with Gasteiger partial charge in [0.2, 0.25) is 0 Å². The maximum Gasteiger partial charge on any atom is 0.126 e. The van der Waals surface area contributed by atoms with Gasteiger partial charge in [-0.15, -0.1) is 0 Å². The minimum absolute atomic E-state index is 0.167. The number of ketones is 1. The molecule has 0 amide bonds. The smallest absolute Gasteiger partial charge is 0.126 e. The lowest BCUT2D eigenvalue weighted by Gasteiger charge is -1.74. The van der Waals surface area contributed by atoms with Crippen molar-refractivity contribution in [3.63, 3.8) is 0 Å². The Bertz CT molecular complexity index is 104. The van der Waals surface area contributed by atoms with Gasteiger partial charge >= 0.3 is 0 Å². The second-order valence-corrected chi connectivity index (χ2v) is 3.18. The molecule has 0 unspecified atom stereocenters. The van der Waals surface area contributed by atoms with Gasteiger partial charge in [0.15, 0.2) is 0 Å². The molecule has 0 aromatic heterocycles. The number of carbonyl (C=O) groups excluding carboxylic acids is 1. The van der Waals surface area contributed by atoms with Crippen LogP contribution in [0.4, 0.5) is 0 Å². The van der Waals surface area contributed by atoms with E-state index in [4.69, 9.17) is 0 Å². The van der Waals surface area contributed by atoms with Gasteiger partial charge in [-0.2, -0.15) is 0 Å². The summed E-state index contributed by atoms with van der Waals surface area (Å²) in [5.74, 6) is 0.167. The fraction of sp³-hybridized carbons (Fsp3) is 0.400. The highest BCUT2D eigenvalue weighted by molar-refractivity contribution is 8.18. The van der Waals surface area contributed by atoms with Crippen LogP contribution >= 0.6 is 23.9 Å². The molecule has 9 heavy (non-hydrogen) atoms. The first kappa shape index (κ1) is 9.07. The highest BCUT2D eigenvalue weighted by atomic mass is 32.2. The molecule has 0 radical (unpaired) electrons. The van der Waals surface area contributed by atoms with Crippen LogP contribution in [-0.2, 0) is 4.79 Å². The molecule has 0 saturated heterocycles. The lowest BCUT2D eigenvalue weighted by Crippen LogP contribution is -1.72. The zero-order valence-electron chi connectivity index (χ0n) is 5.38. The monoisotopic (exact) mass is 163 g/mol. The van der Waals surface area contributed by atoms with Crippen LogP contribution in [0.3, 0.4) is 0 Å². The Morgan fingerprint density at radius 1 is 1.33 bits per heavy atom. The molecule has 0 spiro atoms. The van der Waals surface area contributed by atoms with Crippen LogP contribution in [0.25, 0.3) is 0 Å². The molecular formula is C5H9NOS2. The molecule has 4 heteroatoms. The third-order valence-corrected chi connectivity index (χ3v) is 1.77. The van der Waals surface area contributed by atoms with Crippen LogP contribution in [0.15, 0.2) is 10.8 Å². The lowest BCUT2D eigenvalue weighted by molar-refractivity contribution is -0.114. The number of Topliss-reactive ketones (excluding diaryl/α,β-unsaturated/α-hetero) is 1. The number of hydrogen-bond donors (Lipinski definition) is 1. The SMILES string of the molecule is C1=CSNS1.CC(C)=O. The second kappa shape index (κ2) is 6.19. The first-order valence-electron chi connectivity index (χ1n) is 2.42. The quantitative estimate of drug-likeness (QED) is 0.553. The van der Waals surface area contributed by atoms with Gasteiger partial charge in [0.05, 0.1) is 0 Å². The molecule has 1 rings (SSSR count). The van der Waals surface area contributed by atoms with Crippen LogP contribution < -0.4 is 4.13 Å². The lowest BCUT2D eigenvalue weighted by atomic mass is 10.6. The molecular weight excluding hydrogens is 154 g/mol. The molecule has 1 aliphatic heterocycles. The van der Waals surface area contributed by atoms with Gasteiger partial charge in [0, 0.05) is 0 Å². The second-order valence-electron chi connectivity index (χ2n) is 1.50. The molecule has 0 bridgehead atoms. The van der Waals surface area contributed by atoms with Crippen molar-refractivity contribution in [3.8, 4) is 0 Å². The van der Waals surface area contributed by atoms with Crippen LogP contribution in [0.2, 0.25) is 0 Å². The van der Waals surface area contributed by atoms with E-state index >= 15 is 0 Å². The summed E-state index contributed by atoms with van der Waals surface area (Å²) in [4.78, 5) is 9.44. The van der Waals surface area contributed by atoms with E-state index < -0.39 is 0 Å². The van der Waals surface area contributed by atoms with Gasteiger partial charge in [-0.3, -0.25) is 0 Å². The van der Waals surface area contributed by atoms with Crippen molar-refractivity contribution < 1.29 is 4.79 Å². The topological polar surface area (TPSA) is 29.1 Å². The van der Waals surface area contributed by atoms with Crippen molar-refractivity contribution in [2.24, 2.45) is 0 Å². The Balaban J connectivity index is 0.000000148. The average Bonchev–Trinajstić information content (AvgIpc) is 2.11. The molecule has 0 aromatic rings. The maximum absolute atomic E-state index is 9.44. The molecule has 0 aliphatic carbocycles. The van der Waals surface area contributed by atoms with Gasteiger partial charge in [-0.05, 0) is 48.6 Å². The number of nitrogens with one attached hydrogen (secondary N) is 1. The van der Waals surface area contributed by atoms with Crippen molar-refractivity contribution in [1.29, 1.82) is 0 Å². The van der Waals surface area contributed by atoms with Gasteiger partial charge in [0.1, 0.15) is 5.78 Å². The highest BCUT2D eigenvalue weighted by Crippen LogP contribution is 2.14. The highest BCUT2D eigenvalue weighted by Gasteiger charge is 1.83. The molecule has 1 heterocycles. The van der Waals surface area contributed by atoms with E-state index in [0.717, 1.165) is 0 Å². The van der Waals surface area contributed by atoms with Crippen LogP contribution in [0, 0.1) is 0 Å². The molecule has 0 atom stereocenters. The predicted octanol–water partition coefficient (Wildman–Crippen LogP) is 1.95. The summed E-state index contributed by atoms with van der Waals surface area (Å²) < 4.78 is 2.94.